The van der Waals surface area contributed by atoms with Gasteiger partial charge in [0.05, 0.1) is 0 Å². The molecule has 21 heavy (non-hydrogen) atoms. The van der Waals surface area contributed by atoms with Crippen molar-refractivity contribution < 1.29 is 9.90 Å². The molecule has 0 saturated carbocycles. The maximum atomic E-state index is 12.5. The van der Waals surface area contributed by atoms with E-state index < -0.39 is 5.60 Å². The maximum Gasteiger partial charge on any atom is 0.255 e. The van der Waals surface area contributed by atoms with E-state index in [0.717, 1.165) is 18.8 Å². The first kappa shape index (κ1) is 14.7. The van der Waals surface area contributed by atoms with Gasteiger partial charge in [0.25, 0.3) is 5.91 Å². The van der Waals surface area contributed by atoms with E-state index in [1.54, 1.807) is 11.8 Å². The number of aryl methyl sites for hydroxylation is 1. The highest BCUT2D eigenvalue weighted by Crippen LogP contribution is 2.30. The Kier molecular flexibility index (Phi) is 4.13. The lowest BCUT2D eigenvalue weighted by Gasteiger charge is -2.39. The average molecular weight is 306 g/mol. The van der Waals surface area contributed by atoms with Gasteiger partial charge >= 0.3 is 0 Å². The summed E-state index contributed by atoms with van der Waals surface area (Å²) in [6, 6.07) is 8.35. The Balaban J connectivity index is 1.63. The number of aliphatic hydroxyl groups is 1. The van der Waals surface area contributed by atoms with E-state index in [1.807, 2.05) is 11.0 Å². The second-order valence-corrected chi connectivity index (χ2v) is 7.01. The van der Waals surface area contributed by atoms with Gasteiger partial charge in [-0.25, -0.2) is 0 Å². The molecule has 2 aliphatic heterocycles. The van der Waals surface area contributed by atoms with Gasteiger partial charge in [-0.3, -0.25) is 4.79 Å². The fourth-order valence-electron chi connectivity index (χ4n) is 3.09. The minimum atomic E-state index is -1.12. The summed E-state index contributed by atoms with van der Waals surface area (Å²) in [6.07, 6.45) is 0.592. The van der Waals surface area contributed by atoms with Crippen molar-refractivity contribution in [1.82, 2.24) is 4.90 Å². The van der Waals surface area contributed by atoms with Crippen molar-refractivity contribution in [2.45, 2.75) is 18.9 Å². The number of thioether (sulfide) groups is 1. The molecule has 1 amide bonds. The lowest BCUT2D eigenvalue weighted by atomic mass is 10.0. The minimum Gasteiger partial charge on any atom is -0.379 e. The summed E-state index contributed by atoms with van der Waals surface area (Å²) in [5.41, 5.74) is 1.40. The normalized spacial score (nSPS) is 26.2. The zero-order chi connectivity index (χ0) is 14.9. The molecule has 3 rings (SSSR count). The van der Waals surface area contributed by atoms with E-state index in [2.05, 4.69) is 30.0 Å². The van der Waals surface area contributed by atoms with Crippen molar-refractivity contribution in [1.29, 1.82) is 0 Å². The molecule has 0 aliphatic carbocycles. The Hall–Kier alpha value is -1.20. The van der Waals surface area contributed by atoms with Gasteiger partial charge in [-0.05, 0) is 30.7 Å². The fourth-order valence-corrected chi connectivity index (χ4v) is 4.32. The number of para-hydroxylation sites is 1. The molecule has 2 fully saturated rings. The van der Waals surface area contributed by atoms with Gasteiger partial charge in [0, 0.05) is 37.6 Å². The number of anilines is 1. The van der Waals surface area contributed by atoms with Crippen LogP contribution in [0.15, 0.2) is 24.3 Å². The Morgan fingerprint density at radius 1 is 1.24 bits per heavy atom. The predicted octanol–water partition coefficient (Wildman–Crippen LogP) is 1.51. The number of hydrogen-bond donors (Lipinski definition) is 1. The molecule has 0 radical (unpaired) electrons. The summed E-state index contributed by atoms with van der Waals surface area (Å²) in [5, 5.41) is 10.4. The van der Waals surface area contributed by atoms with Gasteiger partial charge in [0.2, 0.25) is 0 Å². The van der Waals surface area contributed by atoms with Crippen LogP contribution in [0.4, 0.5) is 5.69 Å². The van der Waals surface area contributed by atoms with Crippen LogP contribution in [0.1, 0.15) is 12.0 Å². The molecule has 2 saturated heterocycles. The van der Waals surface area contributed by atoms with Crippen LogP contribution < -0.4 is 4.90 Å². The quantitative estimate of drug-likeness (QED) is 0.899. The second-order valence-electron chi connectivity index (χ2n) is 5.90. The summed E-state index contributed by atoms with van der Waals surface area (Å²) in [6.45, 7) is 5.17. The topological polar surface area (TPSA) is 43.8 Å². The third-order valence-electron chi connectivity index (χ3n) is 4.42. The monoisotopic (exact) mass is 306 g/mol. The average Bonchev–Trinajstić information content (AvgIpc) is 2.95. The van der Waals surface area contributed by atoms with E-state index >= 15 is 0 Å². The van der Waals surface area contributed by atoms with Crippen molar-refractivity contribution in [3.63, 3.8) is 0 Å². The third-order valence-corrected chi connectivity index (χ3v) is 5.60. The van der Waals surface area contributed by atoms with Crippen LogP contribution in [0.5, 0.6) is 0 Å². The summed E-state index contributed by atoms with van der Waals surface area (Å²) >= 11 is 1.66. The Morgan fingerprint density at radius 2 is 1.95 bits per heavy atom. The molecule has 1 aromatic rings. The number of hydrogen-bond acceptors (Lipinski definition) is 4. The van der Waals surface area contributed by atoms with Crippen molar-refractivity contribution in [2.24, 2.45) is 0 Å². The van der Waals surface area contributed by atoms with Gasteiger partial charge in [0.1, 0.15) is 0 Å². The SMILES string of the molecule is Cc1ccccc1N1CCN(C(=O)C2(O)CCSC2)CC1. The molecular weight excluding hydrogens is 284 g/mol. The first-order valence-electron chi connectivity index (χ1n) is 7.50. The summed E-state index contributed by atoms with van der Waals surface area (Å²) in [5.74, 6) is 1.35. The highest BCUT2D eigenvalue weighted by Gasteiger charge is 2.42. The summed E-state index contributed by atoms with van der Waals surface area (Å²) < 4.78 is 0. The first-order chi connectivity index (χ1) is 10.1. The molecule has 2 aliphatic rings. The fraction of sp³-hybridized carbons (Fsp3) is 0.562. The van der Waals surface area contributed by atoms with Crippen LogP contribution >= 0.6 is 11.8 Å². The number of amides is 1. The number of nitrogens with zero attached hydrogens (tertiary/aromatic N) is 2. The number of rotatable bonds is 2. The van der Waals surface area contributed by atoms with E-state index in [0.29, 0.717) is 25.3 Å². The van der Waals surface area contributed by atoms with Crippen LogP contribution in [0, 0.1) is 6.92 Å². The van der Waals surface area contributed by atoms with Gasteiger partial charge in [-0.2, -0.15) is 11.8 Å². The molecule has 1 N–H and O–H groups in total. The van der Waals surface area contributed by atoms with Crippen molar-refractivity contribution in [3.8, 4) is 0 Å². The molecule has 114 valence electrons. The lowest BCUT2D eigenvalue weighted by Crippen LogP contribution is -2.56. The molecular formula is C16H22N2O2S. The molecule has 1 aromatic carbocycles. The molecule has 2 heterocycles. The molecule has 0 spiro atoms. The summed E-state index contributed by atoms with van der Waals surface area (Å²) in [7, 11) is 0. The smallest absolute Gasteiger partial charge is 0.255 e. The van der Waals surface area contributed by atoms with Gasteiger partial charge < -0.3 is 14.9 Å². The van der Waals surface area contributed by atoms with Crippen molar-refractivity contribution >= 4 is 23.4 Å². The standard InChI is InChI=1S/C16H22N2O2S/c1-13-4-2-3-5-14(13)17-7-9-18(10-8-17)15(19)16(20)6-11-21-12-16/h2-5,20H,6-12H2,1H3. The lowest BCUT2D eigenvalue weighted by molar-refractivity contribution is -0.149. The number of benzene rings is 1. The number of carbonyl (C=O) groups is 1. The van der Waals surface area contributed by atoms with Gasteiger partial charge in [0.15, 0.2) is 5.60 Å². The largest absolute Gasteiger partial charge is 0.379 e. The molecule has 1 atom stereocenters. The maximum absolute atomic E-state index is 12.5. The van der Waals surface area contributed by atoms with E-state index in [-0.39, 0.29) is 5.91 Å². The van der Waals surface area contributed by atoms with Crippen LogP contribution in [0.3, 0.4) is 0 Å². The molecule has 5 heteroatoms. The van der Waals surface area contributed by atoms with Crippen LogP contribution in [0.2, 0.25) is 0 Å². The second kappa shape index (κ2) is 5.89. The Bertz CT molecular complexity index is 521. The molecule has 0 aromatic heterocycles. The third kappa shape index (κ3) is 2.90. The van der Waals surface area contributed by atoms with Crippen molar-refractivity contribution in [3.05, 3.63) is 29.8 Å². The summed E-state index contributed by atoms with van der Waals surface area (Å²) in [4.78, 5) is 16.6. The highest BCUT2D eigenvalue weighted by molar-refractivity contribution is 7.99. The number of carbonyl (C=O) groups excluding carboxylic acids is 1. The van der Waals surface area contributed by atoms with E-state index in [9.17, 15) is 9.90 Å². The Labute approximate surface area is 130 Å². The zero-order valence-electron chi connectivity index (χ0n) is 12.4. The first-order valence-corrected chi connectivity index (χ1v) is 8.66. The van der Waals surface area contributed by atoms with Crippen LogP contribution in [-0.4, -0.2) is 59.2 Å². The van der Waals surface area contributed by atoms with Crippen LogP contribution in [-0.2, 0) is 4.79 Å². The van der Waals surface area contributed by atoms with Crippen LogP contribution in [0.25, 0.3) is 0 Å². The molecule has 4 nitrogen and oxygen atoms in total. The van der Waals surface area contributed by atoms with E-state index in [1.165, 1.54) is 11.3 Å². The molecule has 1 unspecified atom stereocenters. The predicted molar refractivity (Wildman–Crippen MR) is 86.9 cm³/mol. The highest BCUT2D eigenvalue weighted by atomic mass is 32.2. The molecule has 0 bridgehead atoms. The van der Waals surface area contributed by atoms with E-state index in [4.69, 9.17) is 0 Å². The van der Waals surface area contributed by atoms with Crippen molar-refractivity contribution in [2.75, 3.05) is 42.6 Å². The number of piperazine rings is 1. The van der Waals surface area contributed by atoms with Gasteiger partial charge in [-0.1, -0.05) is 18.2 Å². The Morgan fingerprint density at radius 3 is 2.57 bits per heavy atom. The minimum absolute atomic E-state index is 0.0723. The van der Waals surface area contributed by atoms with Gasteiger partial charge in [-0.15, -0.1) is 0 Å². The zero-order valence-corrected chi connectivity index (χ0v) is 13.2.